The molecule has 1 amide bonds. The molecule has 0 saturated carbocycles. The molecule has 124 valence electrons. The molecule has 1 aliphatic carbocycles. The predicted octanol–water partition coefficient (Wildman–Crippen LogP) is 3.02. The number of rotatable bonds is 4. The van der Waals surface area contributed by atoms with E-state index in [0.717, 1.165) is 25.9 Å². The standard InChI is InChI=1S/C20H28N2O/c23-20-9-5-11-21(20)13-10-18-8-3-4-12-22(18)19-14-16-6-1-2-7-17(16)15-19/h1-2,6-7,18-19H,3-5,8-15H2/t18-/m1/s1. The van der Waals surface area contributed by atoms with Crippen molar-refractivity contribution in [2.45, 2.75) is 63.5 Å². The van der Waals surface area contributed by atoms with Gasteiger partial charge >= 0.3 is 0 Å². The number of carbonyl (C=O) groups excluding carboxylic acids is 1. The largest absolute Gasteiger partial charge is 0.343 e. The smallest absolute Gasteiger partial charge is 0.222 e. The van der Waals surface area contributed by atoms with Gasteiger partial charge in [0.2, 0.25) is 5.91 Å². The first-order valence-corrected chi connectivity index (χ1v) is 9.41. The van der Waals surface area contributed by atoms with Crippen molar-refractivity contribution in [1.82, 2.24) is 9.80 Å². The van der Waals surface area contributed by atoms with Crippen molar-refractivity contribution in [3.05, 3.63) is 35.4 Å². The third kappa shape index (κ3) is 3.16. The van der Waals surface area contributed by atoms with Gasteiger partial charge in [-0.05, 0) is 56.2 Å². The van der Waals surface area contributed by atoms with Crippen LogP contribution in [0.4, 0.5) is 0 Å². The third-order valence-electron chi connectivity index (χ3n) is 6.07. The minimum atomic E-state index is 0.376. The van der Waals surface area contributed by atoms with Crippen molar-refractivity contribution in [2.24, 2.45) is 0 Å². The Labute approximate surface area is 139 Å². The Morgan fingerprint density at radius 2 is 1.78 bits per heavy atom. The number of nitrogens with zero attached hydrogens (tertiary/aromatic N) is 2. The second kappa shape index (κ2) is 6.64. The van der Waals surface area contributed by atoms with E-state index in [1.807, 2.05) is 0 Å². The molecule has 3 nitrogen and oxygen atoms in total. The molecule has 2 fully saturated rings. The number of carbonyl (C=O) groups is 1. The van der Waals surface area contributed by atoms with E-state index in [-0.39, 0.29) is 0 Å². The van der Waals surface area contributed by atoms with Gasteiger partial charge in [0.1, 0.15) is 0 Å². The van der Waals surface area contributed by atoms with Crippen LogP contribution in [0.15, 0.2) is 24.3 Å². The average Bonchev–Trinajstić information content (AvgIpc) is 3.19. The van der Waals surface area contributed by atoms with Crippen LogP contribution in [0.1, 0.15) is 49.7 Å². The van der Waals surface area contributed by atoms with Crippen LogP contribution in [-0.2, 0) is 17.6 Å². The summed E-state index contributed by atoms with van der Waals surface area (Å²) in [5.41, 5.74) is 3.10. The highest BCUT2D eigenvalue weighted by atomic mass is 16.2. The van der Waals surface area contributed by atoms with Gasteiger partial charge in [-0.3, -0.25) is 9.69 Å². The zero-order valence-corrected chi connectivity index (χ0v) is 14.0. The number of hydrogen-bond acceptors (Lipinski definition) is 2. The quantitative estimate of drug-likeness (QED) is 0.853. The van der Waals surface area contributed by atoms with Gasteiger partial charge in [-0.15, -0.1) is 0 Å². The molecule has 0 bridgehead atoms. The molecule has 0 spiro atoms. The lowest BCUT2D eigenvalue weighted by Gasteiger charge is -2.40. The highest BCUT2D eigenvalue weighted by Gasteiger charge is 2.33. The Hall–Kier alpha value is -1.35. The molecule has 0 radical (unpaired) electrons. The lowest BCUT2D eigenvalue weighted by Crippen LogP contribution is -2.48. The highest BCUT2D eigenvalue weighted by Crippen LogP contribution is 2.31. The van der Waals surface area contributed by atoms with Crippen molar-refractivity contribution in [3.63, 3.8) is 0 Å². The average molecular weight is 312 g/mol. The zero-order valence-electron chi connectivity index (χ0n) is 14.0. The van der Waals surface area contributed by atoms with E-state index in [0.29, 0.717) is 18.0 Å². The summed E-state index contributed by atoms with van der Waals surface area (Å²) in [5, 5.41) is 0. The van der Waals surface area contributed by atoms with Gasteiger partial charge < -0.3 is 4.90 Å². The van der Waals surface area contributed by atoms with Crippen LogP contribution >= 0.6 is 0 Å². The fourth-order valence-corrected chi connectivity index (χ4v) is 4.83. The summed E-state index contributed by atoms with van der Waals surface area (Å²) in [6.07, 6.45) is 9.44. The molecule has 0 unspecified atom stereocenters. The predicted molar refractivity (Wildman–Crippen MR) is 92.4 cm³/mol. The van der Waals surface area contributed by atoms with Crippen molar-refractivity contribution in [2.75, 3.05) is 19.6 Å². The van der Waals surface area contributed by atoms with Crippen molar-refractivity contribution in [3.8, 4) is 0 Å². The van der Waals surface area contributed by atoms with Gasteiger partial charge in [-0.1, -0.05) is 30.7 Å². The van der Waals surface area contributed by atoms with E-state index in [1.54, 1.807) is 11.1 Å². The summed E-state index contributed by atoms with van der Waals surface area (Å²) in [6.45, 7) is 3.21. The molecule has 1 atom stereocenters. The van der Waals surface area contributed by atoms with Crippen molar-refractivity contribution >= 4 is 5.91 Å². The minimum absolute atomic E-state index is 0.376. The maximum absolute atomic E-state index is 11.8. The van der Waals surface area contributed by atoms with E-state index in [4.69, 9.17) is 0 Å². The number of likely N-dealkylation sites (tertiary alicyclic amines) is 2. The monoisotopic (exact) mass is 312 g/mol. The molecular formula is C20H28N2O. The van der Waals surface area contributed by atoms with Gasteiger partial charge in [0.15, 0.2) is 0 Å². The fraction of sp³-hybridized carbons (Fsp3) is 0.650. The first-order valence-electron chi connectivity index (χ1n) is 9.41. The summed E-state index contributed by atoms with van der Waals surface area (Å²) < 4.78 is 0. The Kier molecular flexibility index (Phi) is 4.39. The second-order valence-electron chi connectivity index (χ2n) is 7.49. The molecular weight excluding hydrogens is 284 g/mol. The van der Waals surface area contributed by atoms with Gasteiger partial charge in [0.05, 0.1) is 0 Å². The molecule has 23 heavy (non-hydrogen) atoms. The van der Waals surface area contributed by atoms with Crippen molar-refractivity contribution in [1.29, 1.82) is 0 Å². The maximum atomic E-state index is 11.8. The molecule has 1 aromatic rings. The zero-order chi connectivity index (χ0) is 15.6. The Balaban J connectivity index is 1.39. The lowest BCUT2D eigenvalue weighted by molar-refractivity contribution is -0.127. The van der Waals surface area contributed by atoms with Crippen LogP contribution in [0, 0.1) is 0 Å². The molecule has 1 aromatic carbocycles. The maximum Gasteiger partial charge on any atom is 0.222 e. The Morgan fingerprint density at radius 1 is 1.00 bits per heavy atom. The van der Waals surface area contributed by atoms with Crippen LogP contribution in [0.25, 0.3) is 0 Å². The van der Waals surface area contributed by atoms with Crippen LogP contribution in [-0.4, -0.2) is 47.4 Å². The van der Waals surface area contributed by atoms with Crippen LogP contribution in [0.5, 0.6) is 0 Å². The van der Waals surface area contributed by atoms with Gasteiger partial charge in [0, 0.05) is 31.6 Å². The summed E-state index contributed by atoms with van der Waals surface area (Å²) in [7, 11) is 0. The second-order valence-corrected chi connectivity index (χ2v) is 7.49. The number of amides is 1. The lowest BCUT2D eigenvalue weighted by atomic mass is 9.96. The van der Waals surface area contributed by atoms with Crippen LogP contribution in [0.3, 0.4) is 0 Å². The third-order valence-corrected chi connectivity index (χ3v) is 6.07. The first-order chi connectivity index (χ1) is 11.3. The van der Waals surface area contributed by atoms with Crippen LogP contribution in [0.2, 0.25) is 0 Å². The normalized spacial score (nSPS) is 26.0. The summed E-state index contributed by atoms with van der Waals surface area (Å²) in [4.78, 5) is 16.7. The fourth-order valence-electron chi connectivity index (χ4n) is 4.83. The number of piperidine rings is 1. The first kappa shape index (κ1) is 15.2. The number of hydrogen-bond donors (Lipinski definition) is 0. The van der Waals surface area contributed by atoms with Gasteiger partial charge in [0.25, 0.3) is 0 Å². The number of fused-ring (bicyclic) bond motifs is 1. The van der Waals surface area contributed by atoms with E-state index >= 15 is 0 Å². The van der Waals surface area contributed by atoms with Crippen LogP contribution < -0.4 is 0 Å². The molecule has 2 aliphatic heterocycles. The molecule has 2 heterocycles. The highest BCUT2D eigenvalue weighted by molar-refractivity contribution is 5.78. The van der Waals surface area contributed by atoms with E-state index in [9.17, 15) is 4.79 Å². The Morgan fingerprint density at radius 3 is 2.48 bits per heavy atom. The number of benzene rings is 1. The molecule has 4 rings (SSSR count). The SMILES string of the molecule is O=C1CCCN1CC[C@H]1CCCCN1C1Cc2ccccc2C1. The Bertz CT molecular complexity index is 546. The topological polar surface area (TPSA) is 23.6 Å². The van der Waals surface area contributed by atoms with E-state index in [1.165, 1.54) is 45.1 Å². The van der Waals surface area contributed by atoms with E-state index in [2.05, 4.69) is 34.1 Å². The van der Waals surface area contributed by atoms with Gasteiger partial charge in [-0.25, -0.2) is 0 Å². The summed E-state index contributed by atoms with van der Waals surface area (Å²) >= 11 is 0. The summed E-state index contributed by atoms with van der Waals surface area (Å²) in [6, 6.07) is 10.3. The molecule has 0 N–H and O–H groups in total. The molecule has 2 saturated heterocycles. The molecule has 0 aromatic heterocycles. The molecule has 3 heteroatoms. The van der Waals surface area contributed by atoms with E-state index < -0.39 is 0 Å². The minimum Gasteiger partial charge on any atom is -0.343 e. The molecule has 3 aliphatic rings. The van der Waals surface area contributed by atoms with Gasteiger partial charge in [-0.2, -0.15) is 0 Å². The van der Waals surface area contributed by atoms with Crippen molar-refractivity contribution < 1.29 is 4.79 Å². The summed E-state index contributed by atoms with van der Waals surface area (Å²) in [5.74, 6) is 0.376.